The van der Waals surface area contributed by atoms with Crippen LogP contribution in [0.15, 0.2) is 34.9 Å². The van der Waals surface area contributed by atoms with E-state index in [1.54, 1.807) is 38.1 Å². The van der Waals surface area contributed by atoms with E-state index in [1.807, 2.05) is 6.07 Å². The Bertz CT molecular complexity index is 700. The van der Waals surface area contributed by atoms with Gasteiger partial charge in [0.1, 0.15) is 11.3 Å². The number of rotatable bonds is 5. The predicted octanol–water partition coefficient (Wildman–Crippen LogP) is 2.47. The van der Waals surface area contributed by atoms with Crippen molar-refractivity contribution >= 4 is 11.9 Å². The van der Waals surface area contributed by atoms with Crippen LogP contribution in [0.4, 0.5) is 0 Å². The lowest BCUT2D eigenvalue weighted by Gasteiger charge is -2.17. The molecule has 0 bridgehead atoms. The van der Waals surface area contributed by atoms with Gasteiger partial charge in [-0.15, -0.1) is 0 Å². The van der Waals surface area contributed by atoms with Gasteiger partial charge in [-0.05, 0) is 26.7 Å². The summed E-state index contributed by atoms with van der Waals surface area (Å²) in [5.74, 6) is -0.540. The predicted molar refractivity (Wildman–Crippen MR) is 81.7 cm³/mol. The van der Waals surface area contributed by atoms with Gasteiger partial charge in [-0.25, -0.2) is 4.79 Å². The van der Waals surface area contributed by atoms with Crippen molar-refractivity contribution in [1.82, 2.24) is 10.5 Å². The van der Waals surface area contributed by atoms with Crippen molar-refractivity contribution in [2.24, 2.45) is 0 Å². The summed E-state index contributed by atoms with van der Waals surface area (Å²) < 4.78 is 10.5. The maximum Gasteiger partial charge on any atom is 0.344 e. The topological polar surface area (TPSA) is 81.4 Å². The van der Waals surface area contributed by atoms with E-state index in [1.165, 1.54) is 0 Å². The van der Waals surface area contributed by atoms with Gasteiger partial charge >= 0.3 is 5.97 Å². The first kappa shape index (κ1) is 15.3. The fourth-order valence-corrected chi connectivity index (χ4v) is 2.35. The second kappa shape index (κ2) is 6.24. The van der Waals surface area contributed by atoms with Crippen LogP contribution in [0, 0.1) is 13.8 Å². The van der Waals surface area contributed by atoms with Gasteiger partial charge in [0.15, 0.2) is 0 Å². The largest absolute Gasteiger partial charge is 0.444 e. The van der Waals surface area contributed by atoms with Gasteiger partial charge in [0.05, 0.1) is 5.69 Å². The Morgan fingerprint density at radius 2 is 1.96 bits per heavy atom. The highest BCUT2D eigenvalue weighted by Gasteiger charge is 2.32. The number of hydrogen-bond donors (Lipinski definition) is 1. The van der Waals surface area contributed by atoms with E-state index in [0.29, 0.717) is 17.0 Å². The zero-order valence-corrected chi connectivity index (χ0v) is 13.0. The first-order valence-electron chi connectivity index (χ1n) is 7.55. The number of nitrogens with one attached hydrogen (secondary N) is 1. The summed E-state index contributed by atoms with van der Waals surface area (Å²) in [4.78, 5) is 24.9. The minimum atomic E-state index is -0.988. The van der Waals surface area contributed by atoms with Crippen molar-refractivity contribution in [2.45, 2.75) is 38.8 Å². The number of carbonyl (C=O) groups excluding carboxylic acids is 2. The van der Waals surface area contributed by atoms with E-state index < -0.39 is 12.1 Å². The molecule has 1 unspecified atom stereocenters. The highest BCUT2D eigenvalue weighted by Crippen LogP contribution is 2.25. The third-order valence-corrected chi connectivity index (χ3v) is 3.73. The second-order valence-corrected chi connectivity index (χ2v) is 5.68. The quantitative estimate of drug-likeness (QED) is 0.857. The van der Waals surface area contributed by atoms with Crippen LogP contribution in [-0.2, 0) is 9.53 Å². The maximum absolute atomic E-state index is 12.4. The van der Waals surface area contributed by atoms with E-state index in [9.17, 15) is 9.59 Å². The van der Waals surface area contributed by atoms with Crippen molar-refractivity contribution in [3.63, 3.8) is 0 Å². The van der Waals surface area contributed by atoms with E-state index >= 15 is 0 Å². The zero-order chi connectivity index (χ0) is 16.4. The third-order valence-electron chi connectivity index (χ3n) is 3.73. The molecule has 23 heavy (non-hydrogen) atoms. The van der Waals surface area contributed by atoms with Crippen molar-refractivity contribution in [3.8, 4) is 0 Å². The summed E-state index contributed by atoms with van der Waals surface area (Å²) in [5.41, 5.74) is 1.35. The van der Waals surface area contributed by atoms with Crippen molar-refractivity contribution < 1.29 is 18.8 Å². The van der Waals surface area contributed by atoms with Crippen LogP contribution >= 0.6 is 0 Å². The number of aryl methyl sites for hydroxylation is 2. The Labute approximate surface area is 133 Å². The van der Waals surface area contributed by atoms with Crippen LogP contribution < -0.4 is 5.32 Å². The van der Waals surface area contributed by atoms with Crippen molar-refractivity contribution in [3.05, 3.63) is 52.9 Å². The van der Waals surface area contributed by atoms with Crippen LogP contribution in [0.3, 0.4) is 0 Å². The zero-order valence-electron chi connectivity index (χ0n) is 13.0. The van der Waals surface area contributed by atoms with Crippen molar-refractivity contribution in [2.75, 3.05) is 0 Å². The molecule has 1 aliphatic carbocycles. The lowest BCUT2D eigenvalue weighted by Crippen LogP contribution is -2.33. The number of ether oxygens (including phenoxy) is 1. The second-order valence-electron chi connectivity index (χ2n) is 5.68. The summed E-state index contributed by atoms with van der Waals surface area (Å²) in [6.07, 6.45) is 0.939. The Kier molecular flexibility index (Phi) is 4.14. The number of esters is 1. The summed E-state index contributed by atoms with van der Waals surface area (Å²) in [7, 11) is 0. The highest BCUT2D eigenvalue weighted by atomic mass is 16.6. The lowest BCUT2D eigenvalue weighted by molar-refractivity contribution is -0.130. The number of nitrogens with zero attached hydrogens (tertiary/aromatic N) is 1. The van der Waals surface area contributed by atoms with Crippen molar-refractivity contribution in [1.29, 1.82) is 0 Å². The molecule has 6 nitrogen and oxygen atoms in total. The average molecular weight is 314 g/mol. The average Bonchev–Trinajstić information content (AvgIpc) is 3.29. The molecule has 0 radical (unpaired) electrons. The molecule has 2 aromatic rings. The summed E-state index contributed by atoms with van der Waals surface area (Å²) in [6, 6.07) is 9.16. The third kappa shape index (κ3) is 3.41. The Morgan fingerprint density at radius 1 is 1.26 bits per heavy atom. The molecule has 1 amide bonds. The number of aromatic nitrogens is 1. The number of hydrogen-bond acceptors (Lipinski definition) is 5. The fraction of sp³-hybridized carbons (Fsp3) is 0.353. The molecule has 6 heteroatoms. The molecule has 3 rings (SSSR count). The van der Waals surface area contributed by atoms with Crippen LogP contribution in [0.2, 0.25) is 0 Å². The van der Waals surface area contributed by atoms with Crippen LogP contribution in [0.25, 0.3) is 0 Å². The van der Waals surface area contributed by atoms with Gasteiger partial charge in [-0.2, -0.15) is 0 Å². The molecule has 0 aliphatic heterocycles. The van der Waals surface area contributed by atoms with Gasteiger partial charge in [-0.1, -0.05) is 35.5 Å². The standard InChI is InChI=1S/C17H18N2O4/c1-10-14(11(2)23-19-10)17(21)22-15(12-6-4-3-5-7-12)16(20)18-13-8-9-13/h3-7,13,15H,8-9H2,1-2H3,(H,18,20). The smallest absolute Gasteiger partial charge is 0.344 e. The van der Waals surface area contributed by atoms with Gasteiger partial charge in [0.2, 0.25) is 6.10 Å². The summed E-state index contributed by atoms with van der Waals surface area (Å²) >= 11 is 0. The molecule has 0 saturated heterocycles. The Hall–Kier alpha value is -2.63. The molecular formula is C17H18N2O4. The lowest BCUT2D eigenvalue weighted by atomic mass is 10.1. The maximum atomic E-state index is 12.4. The van der Waals surface area contributed by atoms with E-state index in [-0.39, 0.29) is 17.5 Å². The summed E-state index contributed by atoms with van der Waals surface area (Å²) in [6.45, 7) is 3.30. The number of benzene rings is 1. The Balaban J connectivity index is 1.83. The summed E-state index contributed by atoms with van der Waals surface area (Å²) in [5, 5.41) is 6.62. The molecule has 1 aromatic carbocycles. The molecule has 1 fully saturated rings. The monoisotopic (exact) mass is 314 g/mol. The van der Waals surface area contributed by atoms with E-state index in [0.717, 1.165) is 12.8 Å². The van der Waals surface area contributed by atoms with Gasteiger partial charge in [-0.3, -0.25) is 4.79 Å². The Morgan fingerprint density at radius 3 is 2.52 bits per heavy atom. The number of amides is 1. The molecule has 1 saturated carbocycles. The van der Waals surface area contributed by atoms with Gasteiger partial charge < -0.3 is 14.6 Å². The highest BCUT2D eigenvalue weighted by molar-refractivity contribution is 5.94. The first-order chi connectivity index (χ1) is 11.1. The molecule has 1 N–H and O–H groups in total. The molecule has 1 atom stereocenters. The van der Waals surface area contributed by atoms with E-state index in [4.69, 9.17) is 9.26 Å². The first-order valence-corrected chi connectivity index (χ1v) is 7.55. The van der Waals surface area contributed by atoms with E-state index in [2.05, 4.69) is 10.5 Å². The van der Waals surface area contributed by atoms with Crippen LogP contribution in [-0.4, -0.2) is 23.1 Å². The minimum Gasteiger partial charge on any atom is -0.444 e. The van der Waals surface area contributed by atoms with Gasteiger partial charge in [0, 0.05) is 11.6 Å². The molecule has 1 heterocycles. The molecule has 1 aliphatic rings. The molecule has 0 spiro atoms. The molecular weight excluding hydrogens is 296 g/mol. The normalized spacial score (nSPS) is 15.0. The SMILES string of the molecule is Cc1noc(C)c1C(=O)OC(C(=O)NC1CC1)c1ccccc1. The molecule has 120 valence electrons. The fourth-order valence-electron chi connectivity index (χ4n) is 2.35. The minimum absolute atomic E-state index is 0.187. The van der Waals surface area contributed by atoms with Crippen LogP contribution in [0.1, 0.15) is 46.3 Å². The number of carbonyl (C=O) groups is 2. The van der Waals surface area contributed by atoms with Crippen LogP contribution in [0.5, 0.6) is 0 Å². The van der Waals surface area contributed by atoms with Gasteiger partial charge in [0.25, 0.3) is 5.91 Å². The molecule has 1 aromatic heterocycles.